The number of ether oxygens (including phenoxy) is 2. The second-order valence-corrected chi connectivity index (χ2v) is 9.01. The van der Waals surface area contributed by atoms with Crippen LogP contribution >= 0.6 is 0 Å². The van der Waals surface area contributed by atoms with Crippen LogP contribution in [0.5, 0.6) is 0 Å². The zero-order valence-electron chi connectivity index (χ0n) is 18.1. The average molecular weight is 402 g/mol. The Bertz CT molecular complexity index is 793. The van der Waals surface area contributed by atoms with Gasteiger partial charge in [-0.25, -0.2) is 9.59 Å². The quantitative estimate of drug-likeness (QED) is 0.715. The summed E-state index contributed by atoms with van der Waals surface area (Å²) >= 11 is 0. The maximum absolute atomic E-state index is 12.7. The first-order chi connectivity index (χ1) is 13.4. The topological polar surface area (TPSA) is 81.7 Å². The number of benzene rings is 1. The van der Waals surface area contributed by atoms with E-state index in [1.165, 1.54) is 6.08 Å². The third-order valence-electron chi connectivity index (χ3n) is 5.85. The SMILES string of the molecule is CC(C)[C@H](NC(=O)OCc1ccccc1)C(=O)OC1=CC(=O)C(C)(C)C(C)(C)C1. The van der Waals surface area contributed by atoms with Crippen LogP contribution in [0.15, 0.2) is 42.2 Å². The van der Waals surface area contributed by atoms with E-state index in [1.807, 2.05) is 58.0 Å². The highest BCUT2D eigenvalue weighted by molar-refractivity contribution is 5.96. The lowest BCUT2D eigenvalue weighted by Gasteiger charge is -2.43. The molecule has 6 nitrogen and oxygen atoms in total. The maximum Gasteiger partial charge on any atom is 0.408 e. The Morgan fingerprint density at radius 1 is 1.10 bits per heavy atom. The van der Waals surface area contributed by atoms with E-state index in [1.54, 1.807) is 13.8 Å². The van der Waals surface area contributed by atoms with Gasteiger partial charge in [-0.1, -0.05) is 71.9 Å². The number of hydrogen-bond donors (Lipinski definition) is 1. The fraction of sp³-hybridized carbons (Fsp3) is 0.522. The number of nitrogens with one attached hydrogen (secondary N) is 1. The molecule has 6 heteroatoms. The van der Waals surface area contributed by atoms with Crippen molar-refractivity contribution in [3.63, 3.8) is 0 Å². The lowest BCUT2D eigenvalue weighted by Crippen LogP contribution is -2.46. The van der Waals surface area contributed by atoms with Gasteiger partial charge in [-0.3, -0.25) is 4.79 Å². The van der Waals surface area contributed by atoms with Crippen molar-refractivity contribution in [2.45, 2.75) is 60.6 Å². The molecule has 1 aliphatic rings. The molecule has 1 N–H and O–H groups in total. The molecule has 0 heterocycles. The Morgan fingerprint density at radius 3 is 2.28 bits per heavy atom. The highest BCUT2D eigenvalue weighted by Gasteiger charge is 2.46. The highest BCUT2D eigenvalue weighted by atomic mass is 16.6. The van der Waals surface area contributed by atoms with Crippen molar-refractivity contribution in [1.82, 2.24) is 5.32 Å². The first kappa shape index (κ1) is 22.7. The molecule has 1 aromatic rings. The number of ketones is 1. The fourth-order valence-electron chi connectivity index (χ4n) is 3.02. The molecule has 0 spiro atoms. The lowest BCUT2D eigenvalue weighted by atomic mass is 9.61. The van der Waals surface area contributed by atoms with E-state index in [-0.39, 0.29) is 23.7 Å². The molecule has 1 atom stereocenters. The second-order valence-electron chi connectivity index (χ2n) is 9.01. The molecule has 0 aliphatic heterocycles. The summed E-state index contributed by atoms with van der Waals surface area (Å²) in [6.07, 6.45) is 1.16. The van der Waals surface area contributed by atoms with E-state index in [0.717, 1.165) is 5.56 Å². The van der Waals surface area contributed by atoms with Crippen molar-refractivity contribution in [3.8, 4) is 0 Å². The normalized spacial score (nSPS) is 18.6. The van der Waals surface area contributed by atoms with Crippen molar-refractivity contribution >= 4 is 17.8 Å². The lowest BCUT2D eigenvalue weighted by molar-refractivity contribution is -0.145. The zero-order valence-corrected chi connectivity index (χ0v) is 18.1. The number of rotatable bonds is 6. The standard InChI is InChI=1S/C23H31NO5/c1-15(2)19(24-21(27)28-14-16-10-8-7-9-11-16)20(26)29-17-12-18(25)23(5,6)22(3,4)13-17/h7-12,15,19H,13-14H2,1-6H3,(H,24,27)/t19-/m0/s1. The van der Waals surface area contributed by atoms with Crippen molar-refractivity contribution < 1.29 is 23.9 Å². The number of carbonyl (C=O) groups excluding carboxylic acids is 3. The summed E-state index contributed by atoms with van der Waals surface area (Å²) in [6.45, 7) is 11.5. The van der Waals surface area contributed by atoms with Crippen LogP contribution in [-0.4, -0.2) is 23.9 Å². The largest absolute Gasteiger partial charge is 0.445 e. The van der Waals surface area contributed by atoms with Gasteiger partial charge in [-0.05, 0) is 16.9 Å². The smallest absolute Gasteiger partial charge is 0.408 e. The third-order valence-corrected chi connectivity index (χ3v) is 5.85. The van der Waals surface area contributed by atoms with Crippen molar-refractivity contribution in [2.24, 2.45) is 16.7 Å². The molecule has 0 bridgehead atoms. The predicted molar refractivity (Wildman–Crippen MR) is 110 cm³/mol. The van der Waals surface area contributed by atoms with Gasteiger partial charge < -0.3 is 14.8 Å². The number of esters is 1. The molecule has 0 unspecified atom stereocenters. The summed E-state index contributed by atoms with van der Waals surface area (Å²) in [5.41, 5.74) is -0.0500. The van der Waals surface area contributed by atoms with Gasteiger partial charge in [0, 0.05) is 17.9 Å². The van der Waals surface area contributed by atoms with Gasteiger partial charge in [0.05, 0.1) is 0 Å². The number of carbonyl (C=O) groups is 3. The minimum atomic E-state index is -0.882. The van der Waals surface area contributed by atoms with Gasteiger partial charge in [0.15, 0.2) is 5.78 Å². The van der Waals surface area contributed by atoms with E-state index in [2.05, 4.69) is 5.32 Å². The van der Waals surface area contributed by atoms with Gasteiger partial charge in [0.25, 0.3) is 0 Å². The van der Waals surface area contributed by atoms with Crippen molar-refractivity contribution in [3.05, 3.63) is 47.7 Å². The van der Waals surface area contributed by atoms with Gasteiger partial charge >= 0.3 is 12.1 Å². The molecule has 0 radical (unpaired) electrons. The molecule has 1 aliphatic carbocycles. The Labute approximate surface area is 172 Å². The van der Waals surface area contributed by atoms with Gasteiger partial charge in [0.2, 0.25) is 0 Å². The van der Waals surface area contributed by atoms with E-state index in [4.69, 9.17) is 9.47 Å². The Kier molecular flexibility index (Phi) is 6.88. The van der Waals surface area contributed by atoms with E-state index < -0.39 is 23.5 Å². The van der Waals surface area contributed by atoms with Gasteiger partial charge in [0.1, 0.15) is 18.4 Å². The molecular formula is C23H31NO5. The monoisotopic (exact) mass is 401 g/mol. The van der Waals surface area contributed by atoms with Crippen LogP contribution in [0.1, 0.15) is 53.5 Å². The van der Waals surface area contributed by atoms with Crippen LogP contribution < -0.4 is 5.32 Å². The molecule has 0 fully saturated rings. The molecule has 1 amide bonds. The predicted octanol–water partition coefficient (Wildman–Crippen LogP) is 4.39. The maximum atomic E-state index is 12.7. The van der Waals surface area contributed by atoms with Crippen LogP contribution in [0, 0.1) is 16.7 Å². The first-order valence-corrected chi connectivity index (χ1v) is 9.88. The van der Waals surface area contributed by atoms with Gasteiger partial charge in [-0.15, -0.1) is 0 Å². The van der Waals surface area contributed by atoms with Crippen LogP contribution in [-0.2, 0) is 25.7 Å². The van der Waals surface area contributed by atoms with E-state index in [9.17, 15) is 14.4 Å². The summed E-state index contributed by atoms with van der Waals surface area (Å²) in [4.78, 5) is 37.3. The van der Waals surface area contributed by atoms with Crippen molar-refractivity contribution in [2.75, 3.05) is 0 Å². The number of alkyl carbamates (subject to hydrolysis) is 1. The van der Waals surface area contributed by atoms with E-state index in [0.29, 0.717) is 12.2 Å². The van der Waals surface area contributed by atoms with E-state index >= 15 is 0 Å². The Balaban J connectivity index is 2.00. The van der Waals surface area contributed by atoms with Crippen molar-refractivity contribution in [1.29, 1.82) is 0 Å². The summed E-state index contributed by atoms with van der Waals surface area (Å²) in [5, 5.41) is 2.58. The molecule has 0 saturated heterocycles. The van der Waals surface area contributed by atoms with Crippen LogP contribution in [0.2, 0.25) is 0 Å². The first-order valence-electron chi connectivity index (χ1n) is 9.88. The molecule has 158 valence electrons. The Morgan fingerprint density at radius 2 is 1.72 bits per heavy atom. The molecule has 0 aromatic heterocycles. The Hall–Kier alpha value is -2.63. The molecule has 0 saturated carbocycles. The number of allylic oxidation sites excluding steroid dienone is 2. The number of amides is 1. The molecular weight excluding hydrogens is 370 g/mol. The molecule has 1 aromatic carbocycles. The summed E-state index contributed by atoms with van der Waals surface area (Å²) < 4.78 is 10.7. The minimum Gasteiger partial charge on any atom is -0.445 e. The number of hydrogen-bond acceptors (Lipinski definition) is 5. The minimum absolute atomic E-state index is 0.0760. The average Bonchev–Trinajstić information content (AvgIpc) is 2.63. The molecule has 2 rings (SSSR count). The van der Waals surface area contributed by atoms with Crippen LogP contribution in [0.3, 0.4) is 0 Å². The van der Waals surface area contributed by atoms with Crippen LogP contribution in [0.4, 0.5) is 4.79 Å². The zero-order chi connectivity index (χ0) is 21.8. The third kappa shape index (κ3) is 5.46. The van der Waals surface area contributed by atoms with Crippen LogP contribution in [0.25, 0.3) is 0 Å². The fourth-order valence-corrected chi connectivity index (χ4v) is 3.02. The summed E-state index contributed by atoms with van der Waals surface area (Å²) in [6, 6.07) is 8.39. The molecule has 29 heavy (non-hydrogen) atoms. The van der Waals surface area contributed by atoms with Gasteiger partial charge in [-0.2, -0.15) is 0 Å². The second kappa shape index (κ2) is 8.80. The summed E-state index contributed by atoms with van der Waals surface area (Å²) in [5.74, 6) is -0.565. The highest BCUT2D eigenvalue weighted by Crippen LogP contribution is 2.47. The summed E-state index contributed by atoms with van der Waals surface area (Å²) in [7, 11) is 0.